The summed E-state index contributed by atoms with van der Waals surface area (Å²) in [7, 11) is 0. The summed E-state index contributed by atoms with van der Waals surface area (Å²) < 4.78 is 0. The molecule has 0 bridgehead atoms. The van der Waals surface area contributed by atoms with Crippen LogP contribution >= 0.6 is 0 Å². The third-order valence-electron chi connectivity index (χ3n) is 4.15. The van der Waals surface area contributed by atoms with E-state index in [-0.39, 0.29) is 5.92 Å². The number of hydrogen-bond acceptors (Lipinski definition) is 1. The van der Waals surface area contributed by atoms with Crippen LogP contribution in [0.15, 0.2) is 11.6 Å². The zero-order valence-electron chi connectivity index (χ0n) is 10.5. The van der Waals surface area contributed by atoms with Crippen LogP contribution in [0.1, 0.15) is 53.4 Å². The summed E-state index contributed by atoms with van der Waals surface area (Å²) in [6.45, 7) is 9.03. The molecule has 0 heterocycles. The predicted octanol–water partition coefficient (Wildman–Crippen LogP) is 3.98. The fourth-order valence-electron chi connectivity index (χ4n) is 2.32. The Hall–Kier alpha value is -0.590. The Morgan fingerprint density at radius 1 is 1.60 bits per heavy atom. The van der Waals surface area contributed by atoms with Gasteiger partial charge in [0.1, 0.15) is 6.29 Å². The summed E-state index contributed by atoms with van der Waals surface area (Å²) in [4.78, 5) is 10.6. The molecule has 0 aromatic rings. The molecule has 1 rings (SSSR count). The second kappa shape index (κ2) is 4.96. The molecule has 2 atom stereocenters. The van der Waals surface area contributed by atoms with Crippen LogP contribution in [-0.4, -0.2) is 6.29 Å². The highest BCUT2D eigenvalue weighted by Gasteiger charge is 2.31. The summed E-state index contributed by atoms with van der Waals surface area (Å²) in [5.74, 6) is 0.975. The Labute approximate surface area is 93.9 Å². The minimum atomic E-state index is 0.207. The van der Waals surface area contributed by atoms with E-state index < -0.39 is 0 Å². The first-order valence-corrected chi connectivity index (χ1v) is 6.13. The topological polar surface area (TPSA) is 17.1 Å². The van der Waals surface area contributed by atoms with Gasteiger partial charge in [0.15, 0.2) is 0 Å². The molecular weight excluding hydrogens is 184 g/mol. The zero-order chi connectivity index (χ0) is 11.5. The fraction of sp³-hybridized carbons (Fsp3) is 0.786. The first-order valence-electron chi connectivity index (χ1n) is 6.13. The molecule has 0 N–H and O–H groups in total. The molecule has 0 saturated carbocycles. The van der Waals surface area contributed by atoms with E-state index in [9.17, 15) is 4.79 Å². The molecule has 1 heteroatoms. The van der Waals surface area contributed by atoms with Crippen molar-refractivity contribution in [3.8, 4) is 0 Å². The smallest absolute Gasteiger partial charge is 0.122 e. The van der Waals surface area contributed by atoms with E-state index in [2.05, 4.69) is 26.8 Å². The fourth-order valence-corrected chi connectivity index (χ4v) is 2.32. The van der Waals surface area contributed by atoms with Crippen molar-refractivity contribution in [1.82, 2.24) is 0 Å². The van der Waals surface area contributed by atoms with Gasteiger partial charge in [0.2, 0.25) is 0 Å². The van der Waals surface area contributed by atoms with E-state index in [1.54, 1.807) is 5.57 Å². The van der Waals surface area contributed by atoms with Gasteiger partial charge in [0, 0.05) is 5.92 Å². The Kier molecular flexibility index (Phi) is 4.12. The average Bonchev–Trinajstić information content (AvgIpc) is 2.20. The summed E-state index contributed by atoms with van der Waals surface area (Å²) in [5, 5.41) is 0. The quantitative estimate of drug-likeness (QED) is 0.504. The van der Waals surface area contributed by atoms with Gasteiger partial charge in [-0.3, -0.25) is 0 Å². The van der Waals surface area contributed by atoms with E-state index in [0.29, 0.717) is 5.41 Å². The normalized spacial score (nSPS) is 26.9. The average molecular weight is 208 g/mol. The molecule has 0 aromatic heterocycles. The van der Waals surface area contributed by atoms with Crippen molar-refractivity contribution in [3.63, 3.8) is 0 Å². The SMILES string of the molecule is CC(C=O)CCC1=CCCC(C)C1(C)C. The van der Waals surface area contributed by atoms with E-state index >= 15 is 0 Å². The van der Waals surface area contributed by atoms with Crippen molar-refractivity contribution in [1.29, 1.82) is 0 Å². The van der Waals surface area contributed by atoms with Gasteiger partial charge in [-0.25, -0.2) is 0 Å². The molecule has 0 spiro atoms. The van der Waals surface area contributed by atoms with Crippen LogP contribution in [0.4, 0.5) is 0 Å². The largest absolute Gasteiger partial charge is 0.303 e. The summed E-state index contributed by atoms with van der Waals surface area (Å²) in [5.41, 5.74) is 1.90. The third-order valence-corrected chi connectivity index (χ3v) is 4.15. The zero-order valence-corrected chi connectivity index (χ0v) is 10.5. The van der Waals surface area contributed by atoms with Crippen LogP contribution in [0.5, 0.6) is 0 Å². The van der Waals surface area contributed by atoms with Crippen molar-refractivity contribution in [2.75, 3.05) is 0 Å². The lowest BCUT2D eigenvalue weighted by Crippen LogP contribution is -2.27. The molecule has 0 amide bonds. The van der Waals surface area contributed by atoms with Crippen LogP contribution in [0.25, 0.3) is 0 Å². The number of aldehydes is 1. The first kappa shape index (κ1) is 12.5. The van der Waals surface area contributed by atoms with E-state index in [0.717, 1.165) is 25.0 Å². The standard InChI is InChI=1S/C14H24O/c1-11(10-15)8-9-13-7-5-6-12(2)14(13,3)4/h7,10-12H,5-6,8-9H2,1-4H3. The molecule has 0 aromatic carbocycles. The highest BCUT2D eigenvalue weighted by molar-refractivity contribution is 5.52. The highest BCUT2D eigenvalue weighted by atomic mass is 16.1. The molecule has 0 saturated heterocycles. The minimum absolute atomic E-state index is 0.207. The molecular formula is C14H24O. The molecule has 0 aliphatic heterocycles. The molecule has 2 unspecified atom stereocenters. The Balaban J connectivity index is 2.60. The lowest BCUT2D eigenvalue weighted by molar-refractivity contribution is -0.110. The Morgan fingerprint density at radius 3 is 2.87 bits per heavy atom. The maximum atomic E-state index is 10.6. The van der Waals surface area contributed by atoms with Gasteiger partial charge in [-0.05, 0) is 37.0 Å². The minimum Gasteiger partial charge on any atom is -0.303 e. The van der Waals surface area contributed by atoms with Gasteiger partial charge < -0.3 is 4.79 Å². The van der Waals surface area contributed by atoms with E-state index in [4.69, 9.17) is 0 Å². The van der Waals surface area contributed by atoms with Crippen molar-refractivity contribution in [2.45, 2.75) is 53.4 Å². The second-order valence-electron chi connectivity index (χ2n) is 5.58. The molecule has 1 aliphatic rings. The second-order valence-corrected chi connectivity index (χ2v) is 5.58. The first-order chi connectivity index (χ1) is 6.98. The van der Waals surface area contributed by atoms with Crippen LogP contribution in [-0.2, 0) is 4.79 Å². The molecule has 0 fully saturated rings. The maximum Gasteiger partial charge on any atom is 0.122 e. The lowest BCUT2D eigenvalue weighted by atomic mass is 9.67. The van der Waals surface area contributed by atoms with Crippen LogP contribution in [0, 0.1) is 17.3 Å². The van der Waals surface area contributed by atoms with E-state index in [1.807, 2.05) is 6.92 Å². The van der Waals surface area contributed by atoms with Crippen LogP contribution in [0.3, 0.4) is 0 Å². The lowest BCUT2D eigenvalue weighted by Gasteiger charge is -2.38. The van der Waals surface area contributed by atoms with Crippen molar-refractivity contribution < 1.29 is 4.79 Å². The molecule has 0 radical (unpaired) electrons. The number of carbonyl (C=O) groups excluding carboxylic acids is 1. The Morgan fingerprint density at radius 2 is 2.27 bits per heavy atom. The number of hydrogen-bond donors (Lipinski definition) is 0. The van der Waals surface area contributed by atoms with Gasteiger partial charge in [-0.1, -0.05) is 39.3 Å². The highest BCUT2D eigenvalue weighted by Crippen LogP contribution is 2.43. The van der Waals surface area contributed by atoms with Gasteiger partial charge in [-0.2, -0.15) is 0 Å². The Bertz CT molecular complexity index is 250. The molecule has 86 valence electrons. The molecule has 15 heavy (non-hydrogen) atoms. The molecule has 1 aliphatic carbocycles. The number of carbonyl (C=O) groups is 1. The van der Waals surface area contributed by atoms with E-state index in [1.165, 1.54) is 12.8 Å². The van der Waals surface area contributed by atoms with Gasteiger partial charge in [-0.15, -0.1) is 0 Å². The van der Waals surface area contributed by atoms with Crippen molar-refractivity contribution in [2.24, 2.45) is 17.3 Å². The van der Waals surface area contributed by atoms with Gasteiger partial charge in [0.05, 0.1) is 0 Å². The van der Waals surface area contributed by atoms with Gasteiger partial charge in [0.25, 0.3) is 0 Å². The summed E-state index contributed by atoms with van der Waals surface area (Å²) >= 11 is 0. The number of allylic oxidation sites excluding steroid dienone is 2. The molecule has 1 nitrogen and oxygen atoms in total. The summed E-state index contributed by atoms with van der Waals surface area (Å²) in [6, 6.07) is 0. The number of rotatable bonds is 4. The van der Waals surface area contributed by atoms with Crippen LogP contribution < -0.4 is 0 Å². The van der Waals surface area contributed by atoms with Crippen molar-refractivity contribution in [3.05, 3.63) is 11.6 Å². The van der Waals surface area contributed by atoms with Crippen molar-refractivity contribution >= 4 is 6.29 Å². The third kappa shape index (κ3) is 2.93. The van der Waals surface area contributed by atoms with Crippen LogP contribution in [0.2, 0.25) is 0 Å². The predicted molar refractivity (Wildman–Crippen MR) is 64.7 cm³/mol. The summed E-state index contributed by atoms with van der Waals surface area (Å²) in [6.07, 6.45) is 8.09. The maximum absolute atomic E-state index is 10.6. The monoisotopic (exact) mass is 208 g/mol. The van der Waals surface area contributed by atoms with Gasteiger partial charge >= 0.3 is 0 Å².